The van der Waals surface area contributed by atoms with Gasteiger partial charge in [0.1, 0.15) is 33.5 Å². The van der Waals surface area contributed by atoms with E-state index in [9.17, 15) is 0 Å². The summed E-state index contributed by atoms with van der Waals surface area (Å²) in [6.45, 7) is 0. The number of rotatable bonds is 5. The van der Waals surface area contributed by atoms with Crippen LogP contribution in [-0.2, 0) is 0 Å². The lowest BCUT2D eigenvalue weighted by atomic mass is 9.96. The Balaban J connectivity index is 1.02. The van der Waals surface area contributed by atoms with E-state index in [1.54, 1.807) is 0 Å². The molecule has 0 atom stereocenters. The number of benzene rings is 9. The van der Waals surface area contributed by atoms with E-state index in [0.717, 1.165) is 105 Å². The zero-order valence-electron chi connectivity index (χ0n) is 30.1. The van der Waals surface area contributed by atoms with E-state index in [4.69, 9.17) is 13.3 Å². The van der Waals surface area contributed by atoms with Gasteiger partial charge in [0.15, 0.2) is 0 Å². The molecule has 12 rings (SSSR count). The molecule has 3 aromatic heterocycles. The molecule has 0 aliphatic heterocycles. The molecule has 0 radical (unpaired) electrons. The van der Waals surface area contributed by atoms with Gasteiger partial charge in [0.25, 0.3) is 0 Å². The topological polar surface area (TPSA) is 42.7 Å². The van der Waals surface area contributed by atoms with Gasteiger partial charge in [-0.2, -0.15) is 0 Å². The molecule has 4 heteroatoms. The van der Waals surface area contributed by atoms with Crippen LogP contribution in [0, 0.1) is 0 Å². The van der Waals surface area contributed by atoms with Crippen LogP contribution < -0.4 is 4.90 Å². The minimum absolute atomic E-state index is 0.825. The summed E-state index contributed by atoms with van der Waals surface area (Å²) in [4.78, 5) is 2.31. The van der Waals surface area contributed by atoms with Crippen LogP contribution in [0.1, 0.15) is 0 Å². The van der Waals surface area contributed by atoms with E-state index in [-0.39, 0.29) is 0 Å². The zero-order valence-corrected chi connectivity index (χ0v) is 30.1. The number of hydrogen-bond donors (Lipinski definition) is 0. The molecule has 4 nitrogen and oxygen atoms in total. The van der Waals surface area contributed by atoms with Crippen molar-refractivity contribution in [1.82, 2.24) is 0 Å². The van der Waals surface area contributed by atoms with Crippen molar-refractivity contribution in [2.75, 3.05) is 4.90 Å². The van der Waals surface area contributed by atoms with E-state index in [2.05, 4.69) is 181 Å². The van der Waals surface area contributed by atoms with Crippen molar-refractivity contribution in [3.05, 3.63) is 188 Å². The monoisotopic (exact) mass is 717 g/mol. The molecular formula is C52H31NO3. The summed E-state index contributed by atoms with van der Waals surface area (Å²) in [5.41, 5.74) is 12.5. The summed E-state index contributed by atoms with van der Waals surface area (Å²) in [5.74, 6) is 0. The fraction of sp³-hybridized carbons (Fsp3) is 0. The average Bonchev–Trinajstić information content (AvgIpc) is 3.95. The number of para-hydroxylation sites is 4. The highest BCUT2D eigenvalue weighted by molar-refractivity contribution is 6.18. The zero-order chi connectivity index (χ0) is 36.7. The molecule has 0 N–H and O–H groups in total. The first kappa shape index (κ1) is 30.9. The van der Waals surface area contributed by atoms with Gasteiger partial charge in [-0.15, -0.1) is 0 Å². The van der Waals surface area contributed by atoms with Gasteiger partial charge >= 0.3 is 0 Å². The highest BCUT2D eigenvalue weighted by Gasteiger charge is 2.21. The molecule has 0 spiro atoms. The van der Waals surface area contributed by atoms with E-state index < -0.39 is 0 Å². The Kier molecular flexibility index (Phi) is 6.60. The largest absolute Gasteiger partial charge is 0.456 e. The normalized spacial score (nSPS) is 11.9. The molecule has 0 saturated heterocycles. The maximum Gasteiger partial charge on any atom is 0.143 e. The van der Waals surface area contributed by atoms with Crippen molar-refractivity contribution in [3.8, 4) is 22.3 Å². The van der Waals surface area contributed by atoms with Gasteiger partial charge in [-0.1, -0.05) is 127 Å². The van der Waals surface area contributed by atoms with Gasteiger partial charge < -0.3 is 18.2 Å². The molecule has 0 aliphatic rings. The Labute approximate surface area is 321 Å². The third kappa shape index (κ3) is 4.60. The number of fused-ring (bicyclic) bond motifs is 10. The third-order valence-corrected chi connectivity index (χ3v) is 11.3. The van der Waals surface area contributed by atoms with Crippen LogP contribution in [0.3, 0.4) is 0 Å². The molecule has 0 saturated carbocycles. The number of nitrogens with zero attached hydrogens (tertiary/aromatic N) is 1. The maximum atomic E-state index is 6.89. The smallest absolute Gasteiger partial charge is 0.143 e. The van der Waals surface area contributed by atoms with Crippen LogP contribution >= 0.6 is 0 Å². The summed E-state index contributed by atoms with van der Waals surface area (Å²) >= 11 is 0. The molecule has 12 aromatic rings. The third-order valence-electron chi connectivity index (χ3n) is 11.3. The fourth-order valence-electron chi connectivity index (χ4n) is 8.74. The number of furan rings is 3. The van der Waals surface area contributed by atoms with Crippen LogP contribution in [0.2, 0.25) is 0 Å². The summed E-state index contributed by atoms with van der Waals surface area (Å²) in [6.07, 6.45) is 0. The second-order valence-corrected chi connectivity index (χ2v) is 14.4. The Morgan fingerprint density at radius 1 is 0.321 bits per heavy atom. The predicted molar refractivity (Wildman–Crippen MR) is 231 cm³/mol. The van der Waals surface area contributed by atoms with Gasteiger partial charge in [-0.25, -0.2) is 0 Å². The van der Waals surface area contributed by atoms with Crippen LogP contribution in [0.5, 0.6) is 0 Å². The SMILES string of the molecule is c1ccc(N(c2ccc3c(c2)oc2c(-c4cccc5c4oc4cccc(-c6ccc7c(c6)oc6ccccc67)c45)cccc23)c2cccc3ccccc23)cc1. The first-order valence-electron chi connectivity index (χ1n) is 18.9. The molecule has 0 bridgehead atoms. The second-order valence-electron chi connectivity index (χ2n) is 14.4. The maximum absolute atomic E-state index is 6.89. The van der Waals surface area contributed by atoms with Crippen LogP contribution in [-0.4, -0.2) is 0 Å². The standard InChI is InChI=1S/C52H31NO3/c1-2-14-34(15-3-1)53(45-23-8-13-32-12-4-5-16-36(32)45)35-27-29-40-41-19-9-20-42(51(41)56-49(40)31-35)43-21-10-22-44-50-37(18-11-25-47(50)55-52(43)44)33-26-28-39-38-17-6-7-24-46(38)54-48(39)30-33/h1-31H. The minimum atomic E-state index is 0.825. The Hall–Kier alpha value is -7.56. The van der Waals surface area contributed by atoms with Crippen LogP contribution in [0.15, 0.2) is 201 Å². The van der Waals surface area contributed by atoms with Crippen molar-refractivity contribution < 1.29 is 13.3 Å². The molecule has 0 aliphatic carbocycles. The number of anilines is 3. The molecule has 3 heterocycles. The van der Waals surface area contributed by atoms with E-state index in [0.29, 0.717) is 0 Å². The van der Waals surface area contributed by atoms with Crippen molar-refractivity contribution in [3.63, 3.8) is 0 Å². The second kappa shape index (κ2) is 12.0. The van der Waals surface area contributed by atoms with Crippen LogP contribution in [0.4, 0.5) is 17.1 Å². The van der Waals surface area contributed by atoms with Gasteiger partial charge in [0.2, 0.25) is 0 Å². The van der Waals surface area contributed by atoms with Crippen molar-refractivity contribution in [2.45, 2.75) is 0 Å². The molecule has 9 aromatic carbocycles. The quantitative estimate of drug-likeness (QED) is 0.178. The predicted octanol–water partition coefficient (Wildman–Crippen LogP) is 15.3. The van der Waals surface area contributed by atoms with Crippen molar-refractivity contribution in [2.24, 2.45) is 0 Å². The van der Waals surface area contributed by atoms with Gasteiger partial charge in [0.05, 0.1) is 5.69 Å². The summed E-state index contributed by atoms with van der Waals surface area (Å²) in [6, 6.07) is 65.9. The molecular weight excluding hydrogens is 687 g/mol. The van der Waals surface area contributed by atoms with E-state index >= 15 is 0 Å². The van der Waals surface area contributed by atoms with Crippen molar-refractivity contribution in [1.29, 1.82) is 0 Å². The van der Waals surface area contributed by atoms with Crippen LogP contribution in [0.25, 0.3) is 98.8 Å². The molecule has 0 unspecified atom stereocenters. The Bertz CT molecular complexity index is 3490. The Morgan fingerprint density at radius 2 is 0.911 bits per heavy atom. The van der Waals surface area contributed by atoms with Crippen molar-refractivity contribution >= 4 is 93.7 Å². The first-order chi connectivity index (χ1) is 27.8. The lowest BCUT2D eigenvalue weighted by Crippen LogP contribution is -2.10. The molecule has 0 fully saturated rings. The van der Waals surface area contributed by atoms with Gasteiger partial charge in [0, 0.05) is 66.3 Å². The summed E-state index contributed by atoms with van der Waals surface area (Å²) in [7, 11) is 0. The average molecular weight is 718 g/mol. The first-order valence-corrected chi connectivity index (χ1v) is 18.9. The minimum Gasteiger partial charge on any atom is -0.456 e. The fourth-order valence-corrected chi connectivity index (χ4v) is 8.74. The number of hydrogen-bond acceptors (Lipinski definition) is 4. The van der Waals surface area contributed by atoms with E-state index in [1.165, 1.54) is 10.8 Å². The lowest BCUT2D eigenvalue weighted by Gasteiger charge is -2.26. The summed E-state index contributed by atoms with van der Waals surface area (Å²) < 4.78 is 19.9. The van der Waals surface area contributed by atoms with Gasteiger partial charge in [-0.3, -0.25) is 0 Å². The molecule has 56 heavy (non-hydrogen) atoms. The lowest BCUT2D eigenvalue weighted by molar-refractivity contribution is 0.665. The highest BCUT2D eigenvalue weighted by atomic mass is 16.3. The molecule has 262 valence electrons. The Morgan fingerprint density at radius 3 is 1.80 bits per heavy atom. The van der Waals surface area contributed by atoms with Gasteiger partial charge in [-0.05, 0) is 71.1 Å². The highest BCUT2D eigenvalue weighted by Crippen LogP contribution is 2.46. The molecule has 0 amide bonds. The van der Waals surface area contributed by atoms with E-state index in [1.807, 2.05) is 12.1 Å². The summed E-state index contributed by atoms with van der Waals surface area (Å²) in [5, 5.41) is 8.88.